The zero-order valence-electron chi connectivity index (χ0n) is 14.3. The molecule has 132 valence electrons. The predicted octanol–water partition coefficient (Wildman–Crippen LogP) is 3.13. The first-order valence-electron chi connectivity index (χ1n) is 8.39. The van der Waals surface area contributed by atoms with Crippen molar-refractivity contribution in [2.75, 3.05) is 5.32 Å². The largest absolute Gasteiger partial charge is 0.321 e. The summed E-state index contributed by atoms with van der Waals surface area (Å²) in [7, 11) is 0. The van der Waals surface area contributed by atoms with Crippen LogP contribution in [0.4, 0.5) is 5.69 Å². The Kier molecular flexibility index (Phi) is 4.22. The highest BCUT2D eigenvalue weighted by Crippen LogP contribution is 2.24. The van der Waals surface area contributed by atoms with Gasteiger partial charge in [0.2, 0.25) is 0 Å². The van der Waals surface area contributed by atoms with Crippen molar-refractivity contribution in [2.24, 2.45) is 0 Å². The molecule has 0 spiro atoms. The molecule has 3 aromatic rings. The van der Waals surface area contributed by atoms with E-state index in [0.717, 1.165) is 5.56 Å². The molecule has 1 N–H and O–H groups in total. The third-order valence-corrected chi connectivity index (χ3v) is 4.35. The summed E-state index contributed by atoms with van der Waals surface area (Å²) in [5.74, 6) is -0.849. The Hall–Kier alpha value is -3.80. The maximum Gasteiger partial charge on any atom is 0.261 e. The zero-order valence-corrected chi connectivity index (χ0v) is 14.3. The van der Waals surface area contributed by atoms with E-state index in [-0.39, 0.29) is 24.3 Å². The lowest BCUT2D eigenvalue weighted by atomic mass is 10.1. The first-order valence-corrected chi connectivity index (χ1v) is 8.39. The normalized spacial score (nSPS) is 12.8. The Morgan fingerprint density at radius 3 is 2.15 bits per heavy atom. The van der Waals surface area contributed by atoms with Crippen LogP contribution in [0, 0.1) is 0 Å². The smallest absolute Gasteiger partial charge is 0.261 e. The number of hydrogen-bond acceptors (Lipinski definition) is 4. The Balaban J connectivity index is 1.47. The van der Waals surface area contributed by atoms with Gasteiger partial charge in [-0.05, 0) is 42.0 Å². The van der Waals surface area contributed by atoms with Crippen LogP contribution >= 0.6 is 0 Å². The minimum absolute atomic E-state index is 0.164. The van der Waals surface area contributed by atoms with Crippen LogP contribution in [0.25, 0.3) is 0 Å². The third-order valence-electron chi connectivity index (χ3n) is 4.35. The first-order chi connectivity index (χ1) is 13.1. The SMILES string of the molecule is O=C(Nc1cccnc1)c1ccc(CN2C(=O)c3ccccc3C2=O)cc1. The molecule has 3 amide bonds. The van der Waals surface area contributed by atoms with Crippen LogP contribution in [0.3, 0.4) is 0 Å². The molecule has 0 aliphatic carbocycles. The molecule has 6 nitrogen and oxygen atoms in total. The van der Waals surface area contributed by atoms with Crippen molar-refractivity contribution >= 4 is 23.4 Å². The molecular formula is C21H15N3O3. The summed E-state index contributed by atoms with van der Waals surface area (Å²) >= 11 is 0. The molecule has 1 aliphatic rings. The topological polar surface area (TPSA) is 79.4 Å². The lowest BCUT2D eigenvalue weighted by molar-refractivity contribution is 0.0642. The maximum atomic E-state index is 12.4. The van der Waals surface area contributed by atoms with Gasteiger partial charge in [0.25, 0.3) is 17.7 Å². The molecule has 0 unspecified atom stereocenters. The molecular weight excluding hydrogens is 342 g/mol. The Labute approximate surface area is 155 Å². The number of anilines is 1. The summed E-state index contributed by atoms with van der Waals surface area (Å²) in [5.41, 5.74) is 2.70. The number of pyridine rings is 1. The number of benzene rings is 2. The first kappa shape index (κ1) is 16.7. The van der Waals surface area contributed by atoms with Gasteiger partial charge < -0.3 is 5.32 Å². The number of rotatable bonds is 4. The standard InChI is InChI=1S/C21H15N3O3/c25-19(23-16-4-3-11-22-12-16)15-9-7-14(8-10-15)13-24-20(26)17-5-1-2-6-18(17)21(24)27/h1-12H,13H2,(H,23,25). The highest BCUT2D eigenvalue weighted by Gasteiger charge is 2.34. The minimum atomic E-state index is -0.297. The molecule has 0 saturated carbocycles. The van der Waals surface area contributed by atoms with Crippen molar-refractivity contribution < 1.29 is 14.4 Å². The van der Waals surface area contributed by atoms with Crippen LogP contribution in [0.2, 0.25) is 0 Å². The monoisotopic (exact) mass is 357 g/mol. The molecule has 6 heteroatoms. The number of amides is 3. The summed E-state index contributed by atoms with van der Waals surface area (Å²) < 4.78 is 0. The van der Waals surface area contributed by atoms with Gasteiger partial charge in [-0.3, -0.25) is 24.3 Å². The molecule has 0 radical (unpaired) electrons. The number of nitrogens with zero attached hydrogens (tertiary/aromatic N) is 2. The zero-order chi connectivity index (χ0) is 18.8. The average Bonchev–Trinajstić information content (AvgIpc) is 2.94. The van der Waals surface area contributed by atoms with Crippen LogP contribution in [-0.2, 0) is 6.54 Å². The highest BCUT2D eigenvalue weighted by molar-refractivity contribution is 6.21. The van der Waals surface area contributed by atoms with Crippen LogP contribution < -0.4 is 5.32 Å². The van der Waals surface area contributed by atoms with Gasteiger partial charge >= 0.3 is 0 Å². The summed E-state index contributed by atoms with van der Waals surface area (Å²) in [5, 5.41) is 2.76. The summed E-state index contributed by atoms with van der Waals surface area (Å²) in [6, 6.07) is 17.1. The Morgan fingerprint density at radius 1 is 0.889 bits per heavy atom. The van der Waals surface area contributed by atoms with Crippen molar-refractivity contribution in [1.29, 1.82) is 0 Å². The van der Waals surface area contributed by atoms with E-state index in [1.807, 2.05) is 0 Å². The second kappa shape index (κ2) is 6.84. The van der Waals surface area contributed by atoms with E-state index in [1.54, 1.807) is 73.1 Å². The number of hydrogen-bond donors (Lipinski definition) is 1. The van der Waals surface area contributed by atoms with Gasteiger partial charge in [0.15, 0.2) is 0 Å². The molecule has 0 saturated heterocycles. The van der Waals surface area contributed by atoms with E-state index < -0.39 is 0 Å². The second-order valence-corrected chi connectivity index (χ2v) is 6.13. The van der Waals surface area contributed by atoms with Crippen molar-refractivity contribution in [3.63, 3.8) is 0 Å². The van der Waals surface area contributed by atoms with Crippen LogP contribution in [0.5, 0.6) is 0 Å². The molecule has 0 bridgehead atoms. The van der Waals surface area contributed by atoms with Crippen LogP contribution in [0.1, 0.15) is 36.6 Å². The quantitative estimate of drug-likeness (QED) is 0.728. The fraction of sp³-hybridized carbons (Fsp3) is 0.0476. The molecule has 2 aromatic carbocycles. The van der Waals surface area contributed by atoms with E-state index in [0.29, 0.717) is 22.4 Å². The highest BCUT2D eigenvalue weighted by atomic mass is 16.2. The predicted molar refractivity (Wildman–Crippen MR) is 99.3 cm³/mol. The number of imide groups is 1. The Bertz CT molecular complexity index is 995. The van der Waals surface area contributed by atoms with Gasteiger partial charge in [-0.2, -0.15) is 0 Å². The lowest BCUT2D eigenvalue weighted by Crippen LogP contribution is -2.29. The van der Waals surface area contributed by atoms with Gasteiger partial charge in [0.05, 0.1) is 29.6 Å². The van der Waals surface area contributed by atoms with E-state index in [4.69, 9.17) is 0 Å². The number of fused-ring (bicyclic) bond motifs is 1. The van der Waals surface area contributed by atoms with Crippen molar-refractivity contribution in [2.45, 2.75) is 6.54 Å². The summed E-state index contributed by atoms with van der Waals surface area (Å²) in [6.07, 6.45) is 3.19. The minimum Gasteiger partial charge on any atom is -0.321 e. The van der Waals surface area contributed by atoms with E-state index in [2.05, 4.69) is 10.3 Å². The molecule has 1 aromatic heterocycles. The van der Waals surface area contributed by atoms with Gasteiger partial charge in [0.1, 0.15) is 0 Å². The van der Waals surface area contributed by atoms with E-state index in [1.165, 1.54) is 4.90 Å². The lowest BCUT2D eigenvalue weighted by Gasteiger charge is -2.14. The fourth-order valence-electron chi connectivity index (χ4n) is 2.97. The number of carbonyl (C=O) groups is 3. The van der Waals surface area contributed by atoms with E-state index >= 15 is 0 Å². The van der Waals surface area contributed by atoms with Gasteiger partial charge in [-0.15, -0.1) is 0 Å². The van der Waals surface area contributed by atoms with E-state index in [9.17, 15) is 14.4 Å². The molecule has 4 rings (SSSR count). The average molecular weight is 357 g/mol. The molecule has 27 heavy (non-hydrogen) atoms. The van der Waals surface area contributed by atoms with Gasteiger partial charge in [-0.25, -0.2) is 0 Å². The third kappa shape index (κ3) is 3.20. The maximum absolute atomic E-state index is 12.4. The van der Waals surface area contributed by atoms with Crippen molar-refractivity contribution in [3.8, 4) is 0 Å². The molecule has 2 heterocycles. The molecule has 0 atom stereocenters. The van der Waals surface area contributed by atoms with Crippen molar-refractivity contribution in [1.82, 2.24) is 9.88 Å². The number of nitrogens with one attached hydrogen (secondary N) is 1. The number of aromatic nitrogens is 1. The molecule has 0 fully saturated rings. The number of carbonyl (C=O) groups excluding carboxylic acids is 3. The molecule has 1 aliphatic heterocycles. The van der Waals surface area contributed by atoms with Gasteiger partial charge in [-0.1, -0.05) is 24.3 Å². The van der Waals surface area contributed by atoms with Crippen molar-refractivity contribution in [3.05, 3.63) is 95.3 Å². The summed E-state index contributed by atoms with van der Waals surface area (Å²) in [4.78, 5) is 42.3. The fourth-order valence-corrected chi connectivity index (χ4v) is 2.97. The Morgan fingerprint density at radius 2 is 1.56 bits per heavy atom. The summed E-state index contributed by atoms with van der Waals surface area (Å²) in [6.45, 7) is 0.164. The van der Waals surface area contributed by atoms with Crippen LogP contribution in [0.15, 0.2) is 73.1 Å². The van der Waals surface area contributed by atoms with Gasteiger partial charge in [0, 0.05) is 11.8 Å². The van der Waals surface area contributed by atoms with Crippen LogP contribution in [-0.4, -0.2) is 27.6 Å². The second-order valence-electron chi connectivity index (χ2n) is 6.13.